The van der Waals surface area contributed by atoms with E-state index in [-0.39, 0.29) is 0 Å². The molecule has 1 aromatic heterocycles. The number of hydrogen-bond donors (Lipinski definition) is 0. The molecule has 1 heterocycles. The standard InChI is InChI=1S/C28H44N2O/c1-3-5-7-9-10-11-12-14-16-22-31-27-23-29-28(30-24-27)26-20-18-25(19-21-26)17-15-13-8-6-4-2/h18-21,23-24H,3-17,22H2,1-2H3. The van der Waals surface area contributed by atoms with Gasteiger partial charge in [-0.05, 0) is 24.8 Å². The highest BCUT2D eigenvalue weighted by Crippen LogP contribution is 2.19. The fraction of sp³-hybridized carbons (Fsp3) is 0.643. The second-order valence-corrected chi connectivity index (χ2v) is 8.78. The molecular formula is C28H44N2O. The van der Waals surface area contributed by atoms with Crippen molar-refractivity contribution in [3.05, 3.63) is 42.2 Å². The Balaban J connectivity index is 1.60. The van der Waals surface area contributed by atoms with E-state index in [9.17, 15) is 0 Å². The van der Waals surface area contributed by atoms with Gasteiger partial charge in [-0.2, -0.15) is 0 Å². The van der Waals surface area contributed by atoms with Gasteiger partial charge in [0.2, 0.25) is 0 Å². The summed E-state index contributed by atoms with van der Waals surface area (Å²) >= 11 is 0. The molecule has 172 valence electrons. The molecule has 1 aromatic carbocycles. The summed E-state index contributed by atoms with van der Waals surface area (Å²) in [6, 6.07) is 8.71. The molecular weight excluding hydrogens is 380 g/mol. The quantitative estimate of drug-likeness (QED) is 0.225. The Kier molecular flexibility index (Phi) is 13.7. The second kappa shape index (κ2) is 16.8. The lowest BCUT2D eigenvalue weighted by atomic mass is 10.0. The zero-order chi connectivity index (χ0) is 22.0. The minimum atomic E-state index is 0.755. The number of rotatable bonds is 18. The summed E-state index contributed by atoms with van der Waals surface area (Å²) in [5, 5.41) is 0. The van der Waals surface area contributed by atoms with Crippen molar-refractivity contribution in [1.29, 1.82) is 0 Å². The van der Waals surface area contributed by atoms with Crippen LogP contribution in [-0.4, -0.2) is 16.6 Å². The van der Waals surface area contributed by atoms with Crippen LogP contribution in [-0.2, 0) is 6.42 Å². The smallest absolute Gasteiger partial charge is 0.159 e. The van der Waals surface area contributed by atoms with Crippen molar-refractivity contribution < 1.29 is 4.74 Å². The number of hydrogen-bond acceptors (Lipinski definition) is 3. The molecule has 31 heavy (non-hydrogen) atoms. The first-order valence-electron chi connectivity index (χ1n) is 12.9. The molecule has 0 amide bonds. The summed E-state index contributed by atoms with van der Waals surface area (Å²) in [7, 11) is 0. The van der Waals surface area contributed by atoms with E-state index in [1.165, 1.54) is 89.0 Å². The Morgan fingerprint density at radius 1 is 0.613 bits per heavy atom. The number of aryl methyl sites for hydroxylation is 1. The van der Waals surface area contributed by atoms with E-state index in [0.29, 0.717) is 0 Å². The van der Waals surface area contributed by atoms with Crippen LogP contribution in [0.5, 0.6) is 5.75 Å². The maximum absolute atomic E-state index is 5.82. The number of ether oxygens (including phenoxy) is 1. The van der Waals surface area contributed by atoms with Crippen LogP contribution in [0.4, 0.5) is 0 Å². The normalized spacial score (nSPS) is 11.0. The number of nitrogens with zero attached hydrogens (tertiary/aromatic N) is 2. The lowest BCUT2D eigenvalue weighted by molar-refractivity contribution is 0.302. The molecule has 0 unspecified atom stereocenters. The average Bonchev–Trinajstić information content (AvgIpc) is 2.81. The van der Waals surface area contributed by atoms with Gasteiger partial charge in [0.1, 0.15) is 0 Å². The van der Waals surface area contributed by atoms with Crippen LogP contribution < -0.4 is 4.74 Å². The molecule has 2 aromatic rings. The lowest BCUT2D eigenvalue weighted by Gasteiger charge is -2.07. The van der Waals surface area contributed by atoms with E-state index in [1.807, 2.05) is 0 Å². The van der Waals surface area contributed by atoms with Crippen molar-refractivity contribution in [1.82, 2.24) is 9.97 Å². The summed E-state index contributed by atoms with van der Waals surface area (Å²) < 4.78 is 5.82. The fourth-order valence-corrected chi connectivity index (χ4v) is 3.90. The Bertz CT molecular complexity index is 666. The largest absolute Gasteiger partial charge is 0.490 e. The third-order valence-electron chi connectivity index (χ3n) is 5.93. The monoisotopic (exact) mass is 424 g/mol. The van der Waals surface area contributed by atoms with Gasteiger partial charge in [-0.25, -0.2) is 9.97 Å². The molecule has 3 nitrogen and oxygen atoms in total. The third kappa shape index (κ3) is 11.3. The van der Waals surface area contributed by atoms with Crippen molar-refractivity contribution >= 4 is 0 Å². The van der Waals surface area contributed by atoms with Gasteiger partial charge in [-0.3, -0.25) is 0 Å². The predicted molar refractivity (Wildman–Crippen MR) is 133 cm³/mol. The molecule has 0 fully saturated rings. The summed E-state index contributed by atoms with van der Waals surface area (Å²) in [6.45, 7) is 5.29. The fourth-order valence-electron chi connectivity index (χ4n) is 3.90. The molecule has 0 radical (unpaired) electrons. The van der Waals surface area contributed by atoms with Crippen LogP contribution in [0.3, 0.4) is 0 Å². The Labute approximate surface area is 191 Å². The minimum absolute atomic E-state index is 0.755. The molecule has 2 rings (SSSR count). The molecule has 0 aliphatic heterocycles. The molecule has 0 saturated carbocycles. The predicted octanol–water partition coefficient (Wildman–Crippen LogP) is 8.57. The number of aromatic nitrogens is 2. The highest BCUT2D eigenvalue weighted by molar-refractivity contribution is 5.55. The lowest BCUT2D eigenvalue weighted by Crippen LogP contribution is -1.99. The SMILES string of the molecule is CCCCCCCCCCCOc1cnc(-c2ccc(CCCCCCC)cc2)nc1. The minimum Gasteiger partial charge on any atom is -0.490 e. The van der Waals surface area contributed by atoms with Gasteiger partial charge in [0.05, 0.1) is 19.0 Å². The van der Waals surface area contributed by atoms with E-state index >= 15 is 0 Å². The number of benzene rings is 1. The van der Waals surface area contributed by atoms with Crippen molar-refractivity contribution in [2.24, 2.45) is 0 Å². The third-order valence-corrected chi connectivity index (χ3v) is 5.93. The average molecular weight is 425 g/mol. The van der Waals surface area contributed by atoms with Crippen LogP contribution in [0.2, 0.25) is 0 Å². The Hall–Kier alpha value is -1.90. The van der Waals surface area contributed by atoms with Crippen molar-refractivity contribution in [3.63, 3.8) is 0 Å². The molecule has 0 spiro atoms. The zero-order valence-electron chi connectivity index (χ0n) is 20.1. The van der Waals surface area contributed by atoms with Gasteiger partial charge < -0.3 is 4.74 Å². The Morgan fingerprint density at radius 3 is 1.71 bits per heavy atom. The Morgan fingerprint density at radius 2 is 1.13 bits per heavy atom. The topological polar surface area (TPSA) is 35.0 Å². The van der Waals surface area contributed by atoms with E-state index < -0.39 is 0 Å². The first kappa shape index (κ1) is 25.4. The number of unbranched alkanes of at least 4 members (excludes halogenated alkanes) is 12. The van der Waals surface area contributed by atoms with Crippen LogP contribution in [0, 0.1) is 0 Å². The maximum Gasteiger partial charge on any atom is 0.159 e. The van der Waals surface area contributed by atoms with Crippen molar-refractivity contribution in [3.8, 4) is 17.1 Å². The van der Waals surface area contributed by atoms with Crippen molar-refractivity contribution in [2.75, 3.05) is 6.61 Å². The highest BCUT2D eigenvalue weighted by atomic mass is 16.5. The van der Waals surface area contributed by atoms with E-state index in [1.54, 1.807) is 12.4 Å². The highest BCUT2D eigenvalue weighted by Gasteiger charge is 2.03. The first-order chi connectivity index (χ1) is 15.3. The van der Waals surface area contributed by atoms with Gasteiger partial charge in [0, 0.05) is 5.56 Å². The summed E-state index contributed by atoms with van der Waals surface area (Å²) in [5.74, 6) is 1.54. The van der Waals surface area contributed by atoms with Crippen LogP contribution in [0.1, 0.15) is 109 Å². The van der Waals surface area contributed by atoms with E-state index in [4.69, 9.17) is 4.74 Å². The molecule has 0 saturated heterocycles. The second-order valence-electron chi connectivity index (χ2n) is 8.78. The van der Waals surface area contributed by atoms with Crippen LogP contribution in [0.15, 0.2) is 36.7 Å². The molecule has 0 aliphatic rings. The van der Waals surface area contributed by atoms with Crippen LogP contribution >= 0.6 is 0 Å². The first-order valence-corrected chi connectivity index (χ1v) is 12.9. The van der Waals surface area contributed by atoms with Gasteiger partial charge >= 0.3 is 0 Å². The van der Waals surface area contributed by atoms with Gasteiger partial charge in [0.15, 0.2) is 11.6 Å². The molecule has 0 N–H and O–H groups in total. The molecule has 0 atom stereocenters. The van der Waals surface area contributed by atoms with Gasteiger partial charge in [-0.1, -0.05) is 115 Å². The summed E-state index contributed by atoms with van der Waals surface area (Å²) in [5.41, 5.74) is 2.47. The molecule has 3 heteroatoms. The summed E-state index contributed by atoms with van der Waals surface area (Å²) in [6.07, 6.45) is 23.3. The van der Waals surface area contributed by atoms with Gasteiger partial charge in [-0.15, -0.1) is 0 Å². The zero-order valence-corrected chi connectivity index (χ0v) is 20.1. The molecule has 0 bridgehead atoms. The maximum atomic E-state index is 5.82. The molecule has 0 aliphatic carbocycles. The van der Waals surface area contributed by atoms with Crippen molar-refractivity contribution in [2.45, 2.75) is 110 Å². The van der Waals surface area contributed by atoms with E-state index in [2.05, 4.69) is 48.1 Å². The van der Waals surface area contributed by atoms with Crippen LogP contribution in [0.25, 0.3) is 11.4 Å². The summed E-state index contributed by atoms with van der Waals surface area (Å²) in [4.78, 5) is 9.00. The van der Waals surface area contributed by atoms with Gasteiger partial charge in [0.25, 0.3) is 0 Å². The van der Waals surface area contributed by atoms with E-state index in [0.717, 1.165) is 36.6 Å².